The molecule has 1 rings (SSSR count). The quantitative estimate of drug-likeness (QED) is 0.618. The third kappa shape index (κ3) is 4.87. The summed E-state index contributed by atoms with van der Waals surface area (Å²) in [6, 6.07) is 4.33. The van der Waals surface area contributed by atoms with E-state index in [1.807, 2.05) is 0 Å². The number of anilines is 1. The van der Waals surface area contributed by atoms with Crippen molar-refractivity contribution in [3.05, 3.63) is 29.3 Å². The summed E-state index contributed by atoms with van der Waals surface area (Å²) in [5.74, 6) is -1.37. The molecule has 0 aliphatic rings. The first-order valence-corrected chi connectivity index (χ1v) is 7.14. The summed E-state index contributed by atoms with van der Waals surface area (Å²) in [5.41, 5.74) is 0.655. The zero-order valence-electron chi connectivity index (χ0n) is 13.1. The molecule has 0 unspecified atom stereocenters. The number of unbranched alkanes of at least 4 members (excludes halogenated alkanes) is 2. The lowest BCUT2D eigenvalue weighted by molar-refractivity contribution is -0.116. The first-order valence-electron chi connectivity index (χ1n) is 7.14. The van der Waals surface area contributed by atoms with Crippen LogP contribution in [0.2, 0.25) is 0 Å². The van der Waals surface area contributed by atoms with Gasteiger partial charge in [-0.05, 0) is 24.6 Å². The van der Waals surface area contributed by atoms with Gasteiger partial charge in [-0.3, -0.25) is 4.79 Å². The number of methoxy groups -OCH3 is 2. The van der Waals surface area contributed by atoms with E-state index >= 15 is 0 Å². The predicted octanol–water partition coefficient (Wildman–Crippen LogP) is 2.78. The highest BCUT2D eigenvalue weighted by molar-refractivity contribution is 6.03. The van der Waals surface area contributed by atoms with Gasteiger partial charge in [0.2, 0.25) is 5.91 Å². The zero-order valence-corrected chi connectivity index (χ0v) is 13.1. The molecule has 0 fully saturated rings. The molecule has 0 aliphatic carbocycles. The van der Waals surface area contributed by atoms with Crippen molar-refractivity contribution in [2.75, 3.05) is 19.5 Å². The Morgan fingerprint density at radius 2 is 1.73 bits per heavy atom. The molecule has 0 aliphatic heterocycles. The molecule has 1 aromatic carbocycles. The monoisotopic (exact) mass is 307 g/mol. The molecule has 0 heterocycles. The Morgan fingerprint density at radius 1 is 1.05 bits per heavy atom. The van der Waals surface area contributed by atoms with Gasteiger partial charge in [-0.1, -0.05) is 19.8 Å². The van der Waals surface area contributed by atoms with E-state index in [2.05, 4.69) is 21.7 Å². The van der Waals surface area contributed by atoms with Crippen LogP contribution in [0.3, 0.4) is 0 Å². The van der Waals surface area contributed by atoms with Crippen LogP contribution in [0.15, 0.2) is 18.2 Å². The number of benzene rings is 1. The highest BCUT2D eigenvalue weighted by Crippen LogP contribution is 2.20. The lowest BCUT2D eigenvalue weighted by Gasteiger charge is -2.11. The van der Waals surface area contributed by atoms with Crippen LogP contribution < -0.4 is 5.32 Å². The van der Waals surface area contributed by atoms with Gasteiger partial charge in [0.05, 0.1) is 31.0 Å². The number of ether oxygens (including phenoxy) is 2. The molecule has 120 valence electrons. The summed E-state index contributed by atoms with van der Waals surface area (Å²) >= 11 is 0. The number of nitrogens with one attached hydrogen (secondary N) is 1. The maximum Gasteiger partial charge on any atom is 0.340 e. The fraction of sp³-hybridized carbons (Fsp3) is 0.438. The maximum atomic E-state index is 11.9. The number of rotatable bonds is 7. The van der Waals surface area contributed by atoms with Crippen LogP contribution in [-0.2, 0) is 14.3 Å². The summed E-state index contributed by atoms with van der Waals surface area (Å²) in [5, 5.41) is 2.68. The van der Waals surface area contributed by atoms with Gasteiger partial charge in [0, 0.05) is 6.42 Å². The molecule has 0 saturated carbocycles. The third-order valence-corrected chi connectivity index (χ3v) is 3.13. The molecule has 1 amide bonds. The molecule has 22 heavy (non-hydrogen) atoms. The molecule has 1 N–H and O–H groups in total. The summed E-state index contributed by atoms with van der Waals surface area (Å²) in [7, 11) is 2.49. The Kier molecular flexibility index (Phi) is 7.08. The Labute approximate surface area is 129 Å². The van der Waals surface area contributed by atoms with Crippen molar-refractivity contribution in [2.45, 2.75) is 32.6 Å². The Balaban J connectivity index is 2.95. The van der Waals surface area contributed by atoms with Crippen molar-refractivity contribution in [2.24, 2.45) is 0 Å². The van der Waals surface area contributed by atoms with Gasteiger partial charge in [-0.25, -0.2) is 9.59 Å². The van der Waals surface area contributed by atoms with E-state index in [1.165, 1.54) is 32.4 Å². The molecule has 6 heteroatoms. The van der Waals surface area contributed by atoms with Gasteiger partial charge >= 0.3 is 11.9 Å². The van der Waals surface area contributed by atoms with Crippen LogP contribution in [-0.4, -0.2) is 32.1 Å². The summed E-state index contributed by atoms with van der Waals surface area (Å²) in [4.78, 5) is 35.2. The minimum absolute atomic E-state index is 0.120. The van der Waals surface area contributed by atoms with Gasteiger partial charge in [0.25, 0.3) is 0 Å². The van der Waals surface area contributed by atoms with Crippen LogP contribution in [0, 0.1) is 0 Å². The van der Waals surface area contributed by atoms with Gasteiger partial charge in [0.15, 0.2) is 0 Å². The predicted molar refractivity (Wildman–Crippen MR) is 81.9 cm³/mol. The Morgan fingerprint density at radius 3 is 2.32 bits per heavy atom. The normalized spacial score (nSPS) is 9.95. The van der Waals surface area contributed by atoms with Gasteiger partial charge in [-0.15, -0.1) is 0 Å². The van der Waals surface area contributed by atoms with Crippen LogP contribution in [0.25, 0.3) is 0 Å². The molecule has 6 nitrogen and oxygen atoms in total. The summed E-state index contributed by atoms with van der Waals surface area (Å²) < 4.78 is 9.30. The smallest absolute Gasteiger partial charge is 0.340 e. The zero-order chi connectivity index (χ0) is 16.5. The largest absolute Gasteiger partial charge is 0.465 e. The SMILES string of the molecule is CCCCCC(=O)Nc1ccc(C(=O)OC)cc1C(=O)OC. The van der Waals surface area contributed by atoms with E-state index in [4.69, 9.17) is 0 Å². The molecule has 0 aromatic heterocycles. The van der Waals surface area contributed by atoms with E-state index in [9.17, 15) is 14.4 Å². The minimum Gasteiger partial charge on any atom is -0.465 e. The van der Waals surface area contributed by atoms with Gasteiger partial charge in [0.1, 0.15) is 0 Å². The van der Waals surface area contributed by atoms with Gasteiger partial charge < -0.3 is 14.8 Å². The number of esters is 2. The molecule has 0 spiro atoms. The van der Waals surface area contributed by atoms with Crippen molar-refractivity contribution in [1.82, 2.24) is 0 Å². The highest BCUT2D eigenvalue weighted by atomic mass is 16.5. The van der Waals surface area contributed by atoms with E-state index in [1.54, 1.807) is 0 Å². The van der Waals surface area contributed by atoms with E-state index in [-0.39, 0.29) is 17.0 Å². The molecule has 0 saturated heterocycles. The average Bonchev–Trinajstić information content (AvgIpc) is 2.54. The Hall–Kier alpha value is -2.37. The van der Waals surface area contributed by atoms with Crippen LogP contribution in [0.1, 0.15) is 53.3 Å². The molecule has 0 bridgehead atoms. The van der Waals surface area contributed by atoms with E-state index < -0.39 is 11.9 Å². The second kappa shape index (κ2) is 8.81. The third-order valence-electron chi connectivity index (χ3n) is 3.13. The summed E-state index contributed by atoms with van der Waals surface area (Å²) in [6.07, 6.45) is 3.16. The maximum absolute atomic E-state index is 11.9. The van der Waals surface area contributed by atoms with Crippen molar-refractivity contribution in [3.63, 3.8) is 0 Å². The Bertz CT molecular complexity index is 553. The van der Waals surface area contributed by atoms with E-state index in [0.29, 0.717) is 12.1 Å². The first-order chi connectivity index (χ1) is 10.5. The van der Waals surface area contributed by atoms with Crippen molar-refractivity contribution < 1.29 is 23.9 Å². The number of hydrogen-bond acceptors (Lipinski definition) is 5. The lowest BCUT2D eigenvalue weighted by Crippen LogP contribution is -2.16. The average molecular weight is 307 g/mol. The topological polar surface area (TPSA) is 81.7 Å². The number of amides is 1. The molecule has 1 aromatic rings. The second-order valence-electron chi connectivity index (χ2n) is 4.75. The highest BCUT2D eigenvalue weighted by Gasteiger charge is 2.17. The van der Waals surface area contributed by atoms with Gasteiger partial charge in [-0.2, -0.15) is 0 Å². The van der Waals surface area contributed by atoms with Crippen molar-refractivity contribution in [3.8, 4) is 0 Å². The fourth-order valence-electron chi connectivity index (χ4n) is 1.93. The van der Waals surface area contributed by atoms with Crippen LogP contribution in [0.5, 0.6) is 0 Å². The minimum atomic E-state index is -0.630. The number of hydrogen-bond donors (Lipinski definition) is 1. The van der Waals surface area contributed by atoms with Crippen molar-refractivity contribution in [1.29, 1.82) is 0 Å². The molecule has 0 radical (unpaired) electrons. The molecular formula is C16H21NO5. The molecular weight excluding hydrogens is 286 g/mol. The van der Waals surface area contributed by atoms with Crippen molar-refractivity contribution >= 4 is 23.5 Å². The van der Waals surface area contributed by atoms with Crippen LogP contribution >= 0.6 is 0 Å². The summed E-state index contributed by atoms with van der Waals surface area (Å²) in [6.45, 7) is 2.05. The fourth-order valence-corrected chi connectivity index (χ4v) is 1.93. The standard InChI is InChI=1S/C16H21NO5/c1-4-5-6-7-14(18)17-13-9-8-11(15(19)21-2)10-12(13)16(20)22-3/h8-10H,4-7H2,1-3H3,(H,17,18). The lowest BCUT2D eigenvalue weighted by atomic mass is 10.1. The van der Waals surface area contributed by atoms with Crippen LogP contribution in [0.4, 0.5) is 5.69 Å². The first kappa shape index (κ1) is 17.7. The second-order valence-corrected chi connectivity index (χ2v) is 4.75. The molecule has 0 atom stereocenters. The number of carbonyl (C=O) groups is 3. The van der Waals surface area contributed by atoms with E-state index in [0.717, 1.165) is 19.3 Å². The number of carbonyl (C=O) groups excluding carboxylic acids is 3.